The van der Waals surface area contributed by atoms with Crippen molar-refractivity contribution in [3.05, 3.63) is 22.4 Å². The molecule has 18 heavy (non-hydrogen) atoms. The Morgan fingerprint density at radius 2 is 2.33 bits per heavy atom. The SMILES string of the molecule is CC(C)(C)OC(=O)NC1(c2ccsc2)CCNC1. The Bertz CT molecular complexity index is 403. The van der Waals surface area contributed by atoms with Gasteiger partial charge in [-0.25, -0.2) is 4.79 Å². The van der Waals surface area contributed by atoms with Gasteiger partial charge in [0.1, 0.15) is 5.60 Å². The van der Waals surface area contributed by atoms with Crippen LogP contribution in [0.25, 0.3) is 0 Å². The van der Waals surface area contributed by atoms with Gasteiger partial charge in [-0.3, -0.25) is 0 Å². The first-order valence-corrected chi connectivity index (χ1v) is 7.10. The first kappa shape index (κ1) is 13.4. The zero-order chi connectivity index (χ0) is 13.2. The van der Waals surface area contributed by atoms with Gasteiger partial charge < -0.3 is 15.4 Å². The first-order chi connectivity index (χ1) is 8.41. The van der Waals surface area contributed by atoms with Crippen LogP contribution in [0.1, 0.15) is 32.8 Å². The molecule has 1 amide bonds. The molecule has 2 heterocycles. The molecule has 1 aliphatic heterocycles. The van der Waals surface area contributed by atoms with Crippen molar-refractivity contribution in [2.75, 3.05) is 13.1 Å². The number of amides is 1. The van der Waals surface area contributed by atoms with Crippen LogP contribution in [-0.2, 0) is 10.3 Å². The Hall–Kier alpha value is -1.07. The highest BCUT2D eigenvalue weighted by atomic mass is 32.1. The zero-order valence-corrected chi connectivity index (χ0v) is 11.9. The minimum absolute atomic E-state index is 0.317. The molecule has 5 heteroatoms. The van der Waals surface area contributed by atoms with Crippen molar-refractivity contribution in [3.8, 4) is 0 Å². The van der Waals surface area contributed by atoms with E-state index in [2.05, 4.69) is 22.1 Å². The zero-order valence-electron chi connectivity index (χ0n) is 11.1. The lowest BCUT2D eigenvalue weighted by Crippen LogP contribution is -2.48. The molecule has 2 N–H and O–H groups in total. The summed E-state index contributed by atoms with van der Waals surface area (Å²) in [5.41, 5.74) is 0.372. The largest absolute Gasteiger partial charge is 0.444 e. The van der Waals surface area contributed by atoms with E-state index >= 15 is 0 Å². The number of carbonyl (C=O) groups excluding carboxylic acids is 1. The molecule has 0 spiro atoms. The molecule has 1 aliphatic rings. The van der Waals surface area contributed by atoms with Crippen LogP contribution in [-0.4, -0.2) is 24.8 Å². The maximum Gasteiger partial charge on any atom is 0.408 e. The molecule has 1 aromatic heterocycles. The number of nitrogens with one attached hydrogen (secondary N) is 2. The first-order valence-electron chi connectivity index (χ1n) is 6.16. The molecular weight excluding hydrogens is 248 g/mol. The van der Waals surface area contributed by atoms with Gasteiger partial charge in [-0.2, -0.15) is 11.3 Å². The number of carbonyl (C=O) groups is 1. The van der Waals surface area contributed by atoms with E-state index in [0.29, 0.717) is 0 Å². The fraction of sp³-hybridized carbons (Fsp3) is 0.615. The van der Waals surface area contributed by atoms with Gasteiger partial charge in [0.15, 0.2) is 0 Å². The fourth-order valence-electron chi connectivity index (χ4n) is 2.15. The summed E-state index contributed by atoms with van der Waals surface area (Å²) in [6, 6.07) is 2.06. The Labute approximate surface area is 112 Å². The number of rotatable bonds is 2. The molecule has 0 radical (unpaired) electrons. The van der Waals surface area contributed by atoms with Crippen LogP contribution in [0.2, 0.25) is 0 Å². The molecule has 2 rings (SSSR count). The topological polar surface area (TPSA) is 50.4 Å². The average Bonchev–Trinajstić information content (AvgIpc) is 2.82. The number of hydrogen-bond donors (Lipinski definition) is 2. The summed E-state index contributed by atoms with van der Waals surface area (Å²) in [7, 11) is 0. The van der Waals surface area contributed by atoms with Crippen LogP contribution in [0.4, 0.5) is 4.79 Å². The third-order valence-electron chi connectivity index (χ3n) is 2.97. The third-order valence-corrected chi connectivity index (χ3v) is 3.65. The summed E-state index contributed by atoms with van der Waals surface area (Å²) in [6.07, 6.45) is 0.542. The van der Waals surface area contributed by atoms with E-state index in [9.17, 15) is 4.79 Å². The van der Waals surface area contributed by atoms with E-state index < -0.39 is 5.60 Å². The van der Waals surface area contributed by atoms with Crippen molar-refractivity contribution in [2.45, 2.75) is 38.3 Å². The van der Waals surface area contributed by atoms with Crippen LogP contribution < -0.4 is 10.6 Å². The molecular formula is C13H20N2O2S. The van der Waals surface area contributed by atoms with Gasteiger partial charge in [0, 0.05) is 6.54 Å². The van der Waals surface area contributed by atoms with E-state index in [4.69, 9.17) is 4.74 Å². The predicted molar refractivity (Wildman–Crippen MR) is 72.9 cm³/mol. The molecule has 1 unspecified atom stereocenters. The number of ether oxygens (including phenoxy) is 1. The molecule has 0 bridgehead atoms. The van der Waals surface area contributed by atoms with E-state index in [0.717, 1.165) is 25.1 Å². The summed E-state index contributed by atoms with van der Waals surface area (Å²) >= 11 is 1.65. The van der Waals surface area contributed by atoms with Gasteiger partial charge in [-0.15, -0.1) is 0 Å². The smallest absolute Gasteiger partial charge is 0.408 e. The van der Waals surface area contributed by atoms with E-state index in [-0.39, 0.29) is 11.6 Å². The molecule has 4 nitrogen and oxygen atoms in total. The lowest BCUT2D eigenvalue weighted by atomic mass is 9.91. The fourth-order valence-corrected chi connectivity index (χ4v) is 2.91. The summed E-state index contributed by atoms with van der Waals surface area (Å²) < 4.78 is 5.35. The lowest BCUT2D eigenvalue weighted by molar-refractivity contribution is 0.0461. The lowest BCUT2D eigenvalue weighted by Gasteiger charge is -2.30. The monoisotopic (exact) mass is 268 g/mol. The second-order valence-electron chi connectivity index (χ2n) is 5.65. The number of alkyl carbamates (subject to hydrolysis) is 1. The summed E-state index contributed by atoms with van der Waals surface area (Å²) in [4.78, 5) is 12.0. The van der Waals surface area contributed by atoms with Crippen LogP contribution in [0.15, 0.2) is 16.8 Å². The highest BCUT2D eigenvalue weighted by molar-refractivity contribution is 7.08. The van der Waals surface area contributed by atoms with E-state index in [1.165, 1.54) is 0 Å². The Balaban J connectivity index is 2.10. The van der Waals surface area contributed by atoms with E-state index in [1.807, 2.05) is 26.2 Å². The summed E-state index contributed by atoms with van der Waals surface area (Å²) in [5.74, 6) is 0. The molecule has 1 aromatic rings. The third kappa shape index (κ3) is 3.03. The van der Waals surface area contributed by atoms with Crippen molar-refractivity contribution in [3.63, 3.8) is 0 Å². The van der Waals surface area contributed by atoms with Crippen molar-refractivity contribution in [1.82, 2.24) is 10.6 Å². The molecule has 0 saturated carbocycles. The Kier molecular flexibility index (Phi) is 3.64. The normalized spacial score (nSPS) is 23.9. The minimum atomic E-state index is -0.466. The van der Waals surface area contributed by atoms with Gasteiger partial charge in [0.2, 0.25) is 0 Å². The molecule has 1 atom stereocenters. The van der Waals surface area contributed by atoms with Gasteiger partial charge in [0.25, 0.3) is 0 Å². The molecule has 0 aromatic carbocycles. The van der Waals surface area contributed by atoms with Crippen LogP contribution in [0.3, 0.4) is 0 Å². The molecule has 1 saturated heterocycles. The predicted octanol–water partition coefficient (Wildman–Crippen LogP) is 2.46. The van der Waals surface area contributed by atoms with Crippen molar-refractivity contribution < 1.29 is 9.53 Å². The van der Waals surface area contributed by atoms with Crippen LogP contribution >= 0.6 is 11.3 Å². The second-order valence-corrected chi connectivity index (χ2v) is 6.43. The minimum Gasteiger partial charge on any atom is -0.444 e. The van der Waals surface area contributed by atoms with Gasteiger partial charge >= 0.3 is 6.09 Å². The van der Waals surface area contributed by atoms with E-state index in [1.54, 1.807) is 11.3 Å². The second kappa shape index (κ2) is 4.90. The van der Waals surface area contributed by atoms with Crippen molar-refractivity contribution in [1.29, 1.82) is 0 Å². The highest BCUT2D eigenvalue weighted by Gasteiger charge is 2.38. The maximum absolute atomic E-state index is 12.0. The Morgan fingerprint density at radius 1 is 1.56 bits per heavy atom. The summed E-state index contributed by atoms with van der Waals surface area (Å²) in [5, 5.41) is 10.5. The Morgan fingerprint density at radius 3 is 2.83 bits per heavy atom. The standard InChI is InChI=1S/C13H20N2O2S/c1-12(2,3)17-11(16)15-13(5-6-14-9-13)10-4-7-18-8-10/h4,7-8,14H,5-6,9H2,1-3H3,(H,15,16). The summed E-state index contributed by atoms with van der Waals surface area (Å²) in [6.45, 7) is 7.28. The molecule has 0 aliphatic carbocycles. The van der Waals surface area contributed by atoms with Crippen LogP contribution in [0.5, 0.6) is 0 Å². The van der Waals surface area contributed by atoms with Gasteiger partial charge in [-0.05, 0) is 56.1 Å². The maximum atomic E-state index is 12.0. The van der Waals surface area contributed by atoms with Gasteiger partial charge in [-0.1, -0.05) is 0 Å². The molecule has 100 valence electrons. The average molecular weight is 268 g/mol. The number of thiophene rings is 1. The van der Waals surface area contributed by atoms with Crippen molar-refractivity contribution in [2.24, 2.45) is 0 Å². The van der Waals surface area contributed by atoms with Gasteiger partial charge in [0.05, 0.1) is 5.54 Å². The quantitative estimate of drug-likeness (QED) is 0.866. The molecule has 1 fully saturated rings. The van der Waals surface area contributed by atoms with Crippen LogP contribution in [0, 0.1) is 0 Å². The van der Waals surface area contributed by atoms with Crippen molar-refractivity contribution >= 4 is 17.4 Å². The number of hydrogen-bond acceptors (Lipinski definition) is 4. The highest BCUT2D eigenvalue weighted by Crippen LogP contribution is 2.30.